The van der Waals surface area contributed by atoms with E-state index in [1.807, 2.05) is 0 Å². The maximum Gasteiger partial charge on any atom is 0.352 e. The van der Waals surface area contributed by atoms with Crippen molar-refractivity contribution >= 4 is 35.1 Å². The van der Waals surface area contributed by atoms with Crippen molar-refractivity contribution in [2.24, 2.45) is 0 Å². The Labute approximate surface area is 284 Å². The molecule has 6 rings (SSSR count). The fourth-order valence-electron chi connectivity index (χ4n) is 4.49. The SMILES string of the molecule is O=C(Nc1nc(=O)n([C@H]2C=C[C@@H](CO)O2)cc1F)c1ccc(Cl)cc1.O=C(Nc1nc(=O)n([C@H]2C=C[C@@H](CO)O2)cc1F)c1ccc(F)cc1. The summed E-state index contributed by atoms with van der Waals surface area (Å²) < 4.78 is 53.7. The van der Waals surface area contributed by atoms with Crippen LogP contribution in [0.25, 0.3) is 0 Å². The van der Waals surface area contributed by atoms with Crippen molar-refractivity contribution in [3.8, 4) is 0 Å². The minimum Gasteiger partial charge on any atom is -0.393 e. The predicted molar refractivity (Wildman–Crippen MR) is 171 cm³/mol. The molecule has 4 N–H and O–H groups in total. The zero-order valence-corrected chi connectivity index (χ0v) is 26.2. The highest BCUT2D eigenvalue weighted by molar-refractivity contribution is 6.30. The van der Waals surface area contributed by atoms with Gasteiger partial charge < -0.3 is 30.3 Å². The van der Waals surface area contributed by atoms with E-state index in [-0.39, 0.29) is 24.3 Å². The second kappa shape index (κ2) is 15.8. The van der Waals surface area contributed by atoms with E-state index in [4.69, 9.17) is 31.3 Å². The first-order chi connectivity index (χ1) is 23.9. The summed E-state index contributed by atoms with van der Waals surface area (Å²) in [7, 11) is 0. The summed E-state index contributed by atoms with van der Waals surface area (Å²) in [6, 6.07) is 10.5. The average Bonchev–Trinajstić information content (AvgIpc) is 3.79. The largest absolute Gasteiger partial charge is 0.393 e. The first-order valence-electron chi connectivity index (χ1n) is 14.6. The molecule has 2 amide bonds. The Morgan fingerprint density at radius 3 is 1.48 bits per heavy atom. The zero-order valence-electron chi connectivity index (χ0n) is 25.5. The third-order valence-corrected chi connectivity index (χ3v) is 7.26. The Morgan fingerprint density at radius 2 is 1.10 bits per heavy atom. The number of nitrogens with one attached hydrogen (secondary N) is 2. The Hall–Kier alpha value is -5.46. The van der Waals surface area contributed by atoms with Crippen LogP contribution in [0.4, 0.5) is 24.8 Å². The molecule has 4 atom stereocenters. The topological polar surface area (TPSA) is 187 Å². The lowest BCUT2D eigenvalue weighted by Crippen LogP contribution is -2.30. The molecule has 0 saturated carbocycles. The molecule has 0 radical (unpaired) electrons. The van der Waals surface area contributed by atoms with Crippen LogP contribution in [0.3, 0.4) is 0 Å². The molecular formula is C32H26ClF3N6O8. The summed E-state index contributed by atoms with van der Waals surface area (Å²) in [6.07, 6.45) is 4.93. The van der Waals surface area contributed by atoms with Gasteiger partial charge in [0.2, 0.25) is 0 Å². The smallest absolute Gasteiger partial charge is 0.352 e. The van der Waals surface area contributed by atoms with E-state index in [1.165, 1.54) is 48.6 Å². The van der Waals surface area contributed by atoms with Gasteiger partial charge in [-0.1, -0.05) is 23.8 Å². The number of anilines is 2. The van der Waals surface area contributed by atoms with Gasteiger partial charge in [-0.3, -0.25) is 18.7 Å². The second-order valence-corrected chi connectivity index (χ2v) is 10.9. The van der Waals surface area contributed by atoms with Gasteiger partial charge in [-0.05, 0) is 60.7 Å². The number of nitrogens with zero attached hydrogens (tertiary/aromatic N) is 4. The van der Waals surface area contributed by atoms with Gasteiger partial charge in [0, 0.05) is 16.1 Å². The van der Waals surface area contributed by atoms with Gasteiger partial charge in [-0.15, -0.1) is 0 Å². The number of benzene rings is 2. The van der Waals surface area contributed by atoms with Crippen molar-refractivity contribution in [2.45, 2.75) is 24.7 Å². The van der Waals surface area contributed by atoms with Crippen LogP contribution < -0.4 is 22.0 Å². The minimum absolute atomic E-state index is 0.0830. The number of aliphatic hydroxyl groups is 2. The number of carbonyl (C=O) groups excluding carboxylic acids is 2. The molecule has 2 aromatic carbocycles. The average molecular weight is 715 g/mol. The fraction of sp³-hybridized carbons (Fsp3) is 0.188. The van der Waals surface area contributed by atoms with Gasteiger partial charge in [-0.25, -0.2) is 22.8 Å². The van der Waals surface area contributed by atoms with Crippen LogP contribution in [0.5, 0.6) is 0 Å². The number of carbonyl (C=O) groups is 2. The molecular weight excluding hydrogens is 689 g/mol. The molecule has 4 aromatic rings. The highest BCUT2D eigenvalue weighted by atomic mass is 35.5. The first kappa shape index (κ1) is 35.8. The van der Waals surface area contributed by atoms with E-state index < -0.39 is 76.9 Å². The standard InChI is InChI=1S/C16H13ClFN3O4.C16H13F2N3O4/c2*17-10-3-1-9(2-4-10)15(23)19-14-12(18)7-21(16(24)20-14)13-6-5-11(8-22)25-13/h2*1-7,11,13,22H,8H2,(H,19,20,23,24)/t2*11-,13+/m00/s1. The monoisotopic (exact) mass is 714 g/mol. The number of rotatable bonds is 8. The number of aliphatic hydroxyl groups excluding tert-OH is 2. The molecule has 0 bridgehead atoms. The summed E-state index contributed by atoms with van der Waals surface area (Å²) in [5, 5.41) is 22.9. The third-order valence-electron chi connectivity index (χ3n) is 7.01. The van der Waals surface area contributed by atoms with E-state index in [2.05, 4.69) is 20.6 Å². The number of halogens is 4. The Balaban J connectivity index is 0.000000194. The van der Waals surface area contributed by atoms with Crippen molar-refractivity contribution in [2.75, 3.05) is 23.8 Å². The molecule has 4 heterocycles. The van der Waals surface area contributed by atoms with Crippen molar-refractivity contribution in [3.63, 3.8) is 0 Å². The van der Waals surface area contributed by atoms with Crippen LogP contribution in [-0.4, -0.2) is 66.6 Å². The van der Waals surface area contributed by atoms with Crippen molar-refractivity contribution in [1.29, 1.82) is 0 Å². The van der Waals surface area contributed by atoms with Crippen molar-refractivity contribution in [3.05, 3.63) is 140 Å². The Kier molecular flexibility index (Phi) is 11.3. The molecule has 14 nitrogen and oxygen atoms in total. The Bertz CT molecular complexity index is 1910. The molecule has 0 unspecified atom stereocenters. The number of hydrogen-bond acceptors (Lipinski definition) is 10. The first-order valence-corrected chi connectivity index (χ1v) is 14.9. The summed E-state index contributed by atoms with van der Waals surface area (Å²) in [5.74, 6) is -4.75. The number of aromatic nitrogens is 4. The fourth-order valence-corrected chi connectivity index (χ4v) is 4.62. The lowest BCUT2D eigenvalue weighted by atomic mass is 10.2. The molecule has 0 spiro atoms. The second-order valence-electron chi connectivity index (χ2n) is 10.4. The van der Waals surface area contributed by atoms with Crippen LogP contribution in [-0.2, 0) is 9.47 Å². The van der Waals surface area contributed by atoms with Gasteiger partial charge in [0.25, 0.3) is 11.8 Å². The lowest BCUT2D eigenvalue weighted by Gasteiger charge is -2.15. The number of hydrogen-bond donors (Lipinski definition) is 4. The predicted octanol–water partition coefficient (Wildman–Crippen LogP) is 2.95. The lowest BCUT2D eigenvalue weighted by molar-refractivity contribution is -0.0107. The molecule has 260 valence electrons. The third kappa shape index (κ3) is 8.57. The summed E-state index contributed by atoms with van der Waals surface area (Å²) in [5.41, 5.74) is -1.33. The normalized spacial score (nSPS) is 19.2. The van der Waals surface area contributed by atoms with Crippen molar-refractivity contribution < 1.29 is 42.4 Å². The van der Waals surface area contributed by atoms with Crippen molar-refractivity contribution in [1.82, 2.24) is 19.1 Å². The van der Waals surface area contributed by atoms with Crippen LogP contribution in [0, 0.1) is 17.5 Å². The highest BCUT2D eigenvalue weighted by Crippen LogP contribution is 2.22. The molecule has 2 aliphatic rings. The zero-order chi connectivity index (χ0) is 35.9. The molecule has 0 fully saturated rings. The number of ether oxygens (including phenoxy) is 2. The molecule has 2 aliphatic heterocycles. The van der Waals surface area contributed by atoms with E-state index in [9.17, 15) is 32.3 Å². The molecule has 2 aromatic heterocycles. The number of amides is 2. The van der Waals surface area contributed by atoms with E-state index in [0.29, 0.717) is 5.02 Å². The van der Waals surface area contributed by atoms with Gasteiger partial charge in [0.15, 0.2) is 35.7 Å². The maximum atomic E-state index is 14.2. The summed E-state index contributed by atoms with van der Waals surface area (Å²) in [4.78, 5) is 55.2. The highest BCUT2D eigenvalue weighted by Gasteiger charge is 2.24. The summed E-state index contributed by atoms with van der Waals surface area (Å²) >= 11 is 5.74. The van der Waals surface area contributed by atoms with Crippen LogP contribution in [0.15, 0.2) is 94.8 Å². The maximum absolute atomic E-state index is 14.2. The van der Waals surface area contributed by atoms with Gasteiger partial charge >= 0.3 is 11.4 Å². The van der Waals surface area contributed by atoms with E-state index >= 15 is 0 Å². The summed E-state index contributed by atoms with van der Waals surface area (Å²) in [6.45, 7) is -0.531. The molecule has 0 saturated heterocycles. The van der Waals surface area contributed by atoms with E-state index in [1.54, 1.807) is 12.2 Å². The quantitative estimate of drug-likeness (QED) is 0.198. The van der Waals surface area contributed by atoms with Gasteiger partial charge in [0.05, 0.1) is 25.6 Å². The van der Waals surface area contributed by atoms with Crippen LogP contribution >= 0.6 is 11.6 Å². The van der Waals surface area contributed by atoms with E-state index in [0.717, 1.165) is 33.7 Å². The molecule has 0 aliphatic carbocycles. The molecule has 18 heteroatoms. The van der Waals surface area contributed by atoms with Crippen LogP contribution in [0.1, 0.15) is 33.2 Å². The van der Waals surface area contributed by atoms with Gasteiger partial charge in [0.1, 0.15) is 18.0 Å². The molecule has 50 heavy (non-hydrogen) atoms. The minimum atomic E-state index is -0.945. The Morgan fingerprint density at radius 1 is 0.700 bits per heavy atom. The van der Waals surface area contributed by atoms with Crippen LogP contribution in [0.2, 0.25) is 5.02 Å². The van der Waals surface area contributed by atoms with Gasteiger partial charge in [-0.2, -0.15) is 9.97 Å².